The summed E-state index contributed by atoms with van der Waals surface area (Å²) in [6.45, 7) is 4.35. The number of piperidine rings is 1. The third-order valence-electron chi connectivity index (χ3n) is 6.56. The Morgan fingerprint density at radius 2 is 1.75 bits per heavy atom. The van der Waals surface area contributed by atoms with Crippen molar-refractivity contribution in [1.82, 2.24) is 19.8 Å². The first-order chi connectivity index (χ1) is 15.7. The molecule has 2 fully saturated rings. The van der Waals surface area contributed by atoms with Crippen LogP contribution >= 0.6 is 0 Å². The van der Waals surface area contributed by atoms with Crippen LogP contribution in [-0.2, 0) is 0 Å². The van der Waals surface area contributed by atoms with Crippen LogP contribution < -0.4 is 4.74 Å². The van der Waals surface area contributed by atoms with Crippen molar-refractivity contribution in [3.8, 4) is 5.75 Å². The van der Waals surface area contributed by atoms with Crippen LogP contribution in [0, 0.1) is 6.92 Å². The van der Waals surface area contributed by atoms with Gasteiger partial charge in [0.05, 0.1) is 11.6 Å². The molecule has 2 atom stereocenters. The number of aryl methyl sites for hydroxylation is 1. The number of para-hydroxylation sites is 1. The molecule has 0 unspecified atom stereocenters. The van der Waals surface area contributed by atoms with Gasteiger partial charge in [0.1, 0.15) is 11.9 Å². The highest BCUT2D eigenvalue weighted by Crippen LogP contribution is 2.40. The van der Waals surface area contributed by atoms with E-state index in [1.165, 1.54) is 5.56 Å². The van der Waals surface area contributed by atoms with E-state index in [2.05, 4.69) is 27.0 Å². The highest BCUT2D eigenvalue weighted by atomic mass is 16.5. The van der Waals surface area contributed by atoms with E-state index in [0.29, 0.717) is 11.6 Å². The number of carbonyl (C=O) groups is 1. The topological polar surface area (TPSA) is 58.6 Å². The smallest absolute Gasteiger partial charge is 0.255 e. The minimum atomic E-state index is 0.0792. The summed E-state index contributed by atoms with van der Waals surface area (Å²) < 4.78 is 6.33. The molecule has 3 aromatic rings. The van der Waals surface area contributed by atoms with Crippen molar-refractivity contribution in [3.63, 3.8) is 0 Å². The van der Waals surface area contributed by atoms with E-state index in [0.717, 1.165) is 43.9 Å². The predicted octanol–water partition coefficient (Wildman–Crippen LogP) is 3.89. The van der Waals surface area contributed by atoms with Crippen molar-refractivity contribution in [3.05, 3.63) is 90.0 Å². The molecule has 4 heterocycles. The molecule has 2 aromatic heterocycles. The van der Waals surface area contributed by atoms with Crippen LogP contribution in [-0.4, -0.2) is 57.5 Å². The molecular weight excluding hydrogens is 400 g/mol. The second-order valence-corrected chi connectivity index (χ2v) is 8.60. The Hall–Kier alpha value is -3.25. The van der Waals surface area contributed by atoms with E-state index < -0.39 is 0 Å². The number of carbonyl (C=O) groups excluding carboxylic acids is 1. The van der Waals surface area contributed by atoms with Gasteiger partial charge in [-0.2, -0.15) is 0 Å². The van der Waals surface area contributed by atoms with Crippen molar-refractivity contribution in [2.45, 2.75) is 38.0 Å². The molecule has 0 radical (unpaired) electrons. The zero-order valence-corrected chi connectivity index (χ0v) is 18.3. The molecule has 2 aliphatic rings. The van der Waals surface area contributed by atoms with Crippen molar-refractivity contribution in [2.24, 2.45) is 0 Å². The third kappa shape index (κ3) is 4.23. The Morgan fingerprint density at radius 3 is 2.44 bits per heavy atom. The minimum absolute atomic E-state index is 0.0792. The number of nitrogens with zero attached hydrogens (tertiary/aromatic N) is 4. The summed E-state index contributed by atoms with van der Waals surface area (Å²) in [6, 6.07) is 18.6. The number of amides is 1. The predicted molar refractivity (Wildman–Crippen MR) is 122 cm³/mol. The van der Waals surface area contributed by atoms with Gasteiger partial charge >= 0.3 is 0 Å². The van der Waals surface area contributed by atoms with Crippen LogP contribution in [0.1, 0.15) is 40.5 Å². The highest BCUT2D eigenvalue weighted by Gasteiger charge is 2.46. The average molecular weight is 429 g/mol. The number of hydrogen-bond acceptors (Lipinski definition) is 5. The molecular formula is C26H28N4O2. The summed E-state index contributed by atoms with van der Waals surface area (Å²) in [6.07, 6.45) is 7.42. The molecule has 6 nitrogen and oxygen atoms in total. The maximum Gasteiger partial charge on any atom is 0.255 e. The summed E-state index contributed by atoms with van der Waals surface area (Å²) in [5.74, 6) is 0.985. The van der Waals surface area contributed by atoms with Gasteiger partial charge in [-0.15, -0.1) is 0 Å². The van der Waals surface area contributed by atoms with Crippen molar-refractivity contribution in [2.75, 3.05) is 19.6 Å². The second-order valence-electron chi connectivity index (χ2n) is 8.60. The lowest BCUT2D eigenvalue weighted by Gasteiger charge is -2.53. The van der Waals surface area contributed by atoms with Crippen molar-refractivity contribution >= 4 is 5.91 Å². The molecule has 0 bridgehead atoms. The first-order valence-electron chi connectivity index (χ1n) is 11.3. The first-order valence-corrected chi connectivity index (χ1v) is 11.3. The first kappa shape index (κ1) is 20.6. The molecule has 2 aliphatic heterocycles. The van der Waals surface area contributed by atoms with Gasteiger partial charge < -0.3 is 9.64 Å². The van der Waals surface area contributed by atoms with E-state index >= 15 is 0 Å². The fraction of sp³-hybridized carbons (Fsp3) is 0.346. The maximum absolute atomic E-state index is 12.9. The zero-order valence-electron chi connectivity index (χ0n) is 18.3. The average Bonchev–Trinajstić information content (AvgIpc) is 2.83. The van der Waals surface area contributed by atoms with Gasteiger partial charge in [0.2, 0.25) is 0 Å². The summed E-state index contributed by atoms with van der Waals surface area (Å²) in [7, 11) is 0. The highest BCUT2D eigenvalue weighted by molar-refractivity contribution is 5.94. The molecule has 0 N–H and O–H groups in total. The molecule has 0 aliphatic carbocycles. The molecule has 5 rings (SSSR count). The molecule has 6 heteroatoms. The second kappa shape index (κ2) is 9.09. The molecule has 0 spiro atoms. The van der Waals surface area contributed by atoms with Crippen molar-refractivity contribution < 1.29 is 9.53 Å². The lowest BCUT2D eigenvalue weighted by Crippen LogP contribution is -2.61. The fourth-order valence-corrected chi connectivity index (χ4v) is 4.79. The van der Waals surface area contributed by atoms with E-state index in [4.69, 9.17) is 4.74 Å². The van der Waals surface area contributed by atoms with Crippen molar-refractivity contribution in [1.29, 1.82) is 0 Å². The van der Waals surface area contributed by atoms with E-state index in [1.807, 2.05) is 66.7 Å². The van der Waals surface area contributed by atoms with Crippen LogP contribution in [0.5, 0.6) is 5.75 Å². The van der Waals surface area contributed by atoms with Crippen LogP contribution in [0.4, 0.5) is 0 Å². The Bertz CT molecular complexity index is 1030. The van der Waals surface area contributed by atoms with E-state index in [-0.39, 0.29) is 18.1 Å². The Kier molecular flexibility index (Phi) is 5.86. The van der Waals surface area contributed by atoms with Crippen LogP contribution in [0.2, 0.25) is 0 Å². The number of aromatic nitrogens is 2. The molecule has 1 amide bonds. The Morgan fingerprint density at radius 1 is 1.00 bits per heavy atom. The normalized spacial score (nSPS) is 21.7. The van der Waals surface area contributed by atoms with Crippen LogP contribution in [0.3, 0.4) is 0 Å². The lowest BCUT2D eigenvalue weighted by molar-refractivity contribution is -0.0842. The summed E-state index contributed by atoms with van der Waals surface area (Å²) >= 11 is 0. The standard InChI is InChI=1S/C26H28N4O2/c1-19-7-8-21(17-28-19)26(31)29-15-11-22(12-16-29)30-18-24(32-23-5-3-2-4-6-23)25(30)20-9-13-27-14-10-20/h2-10,13-14,17,22,24-25H,11-12,15-16,18H2,1H3/t24-,25-/m0/s1. The molecule has 32 heavy (non-hydrogen) atoms. The monoisotopic (exact) mass is 428 g/mol. The Balaban J connectivity index is 1.25. The van der Waals surface area contributed by atoms with Crippen LogP contribution in [0.25, 0.3) is 0 Å². The summed E-state index contributed by atoms with van der Waals surface area (Å²) in [4.78, 5) is 25.8. The summed E-state index contributed by atoms with van der Waals surface area (Å²) in [5.41, 5.74) is 2.83. The zero-order chi connectivity index (χ0) is 21.9. The number of hydrogen-bond donors (Lipinski definition) is 0. The molecule has 0 saturated carbocycles. The van der Waals surface area contributed by atoms with E-state index in [9.17, 15) is 4.79 Å². The number of likely N-dealkylation sites (tertiary alicyclic amines) is 2. The maximum atomic E-state index is 12.9. The number of rotatable bonds is 5. The summed E-state index contributed by atoms with van der Waals surface area (Å²) in [5, 5.41) is 0. The largest absolute Gasteiger partial charge is 0.487 e. The van der Waals surface area contributed by atoms with Gasteiger partial charge in [0.15, 0.2) is 0 Å². The van der Waals surface area contributed by atoms with Crippen LogP contribution in [0.15, 0.2) is 73.2 Å². The number of benzene rings is 1. The number of ether oxygens (including phenoxy) is 1. The van der Waals surface area contributed by atoms with Gasteiger partial charge in [-0.3, -0.25) is 19.7 Å². The van der Waals surface area contributed by atoms with Gasteiger partial charge in [0, 0.05) is 50.0 Å². The van der Waals surface area contributed by atoms with Gasteiger partial charge in [-0.1, -0.05) is 18.2 Å². The number of pyridine rings is 2. The van der Waals surface area contributed by atoms with E-state index in [1.54, 1.807) is 6.20 Å². The SMILES string of the molecule is Cc1ccc(C(=O)N2CCC(N3C[C@H](Oc4ccccc4)[C@@H]3c3ccncc3)CC2)cn1. The lowest BCUT2D eigenvalue weighted by atomic mass is 9.87. The molecule has 164 valence electrons. The van der Waals surface area contributed by atoms with Gasteiger partial charge in [-0.25, -0.2) is 0 Å². The van der Waals surface area contributed by atoms with Gasteiger partial charge in [-0.05, 0) is 61.7 Å². The van der Waals surface area contributed by atoms with Gasteiger partial charge in [0.25, 0.3) is 5.91 Å². The minimum Gasteiger partial charge on any atom is -0.487 e. The molecule has 2 saturated heterocycles. The quantitative estimate of drug-likeness (QED) is 0.617. The Labute approximate surface area is 188 Å². The molecule has 1 aromatic carbocycles. The third-order valence-corrected chi connectivity index (χ3v) is 6.56. The fourth-order valence-electron chi connectivity index (χ4n) is 4.79.